The average Bonchev–Trinajstić information content (AvgIpc) is 2.56. The van der Waals surface area contributed by atoms with Crippen molar-refractivity contribution in [2.24, 2.45) is 0 Å². The number of methoxy groups -OCH3 is 1. The normalized spacial score (nSPS) is 10.0. The highest BCUT2D eigenvalue weighted by Crippen LogP contribution is 2.12. The lowest BCUT2D eigenvalue weighted by atomic mass is 10.4. The summed E-state index contributed by atoms with van der Waals surface area (Å²) in [6.45, 7) is 0.317. The molecule has 1 aromatic heterocycles. The molecule has 0 radical (unpaired) electrons. The largest absolute Gasteiger partial charge is 0.477 e. The zero-order chi connectivity index (χ0) is 11.4. The van der Waals surface area contributed by atoms with Gasteiger partial charge in [0, 0.05) is 16.3 Å². The van der Waals surface area contributed by atoms with Crippen LogP contribution < -0.4 is 0 Å². The van der Waals surface area contributed by atoms with Gasteiger partial charge in [-0.2, -0.15) is 0 Å². The molecule has 0 unspecified atom stereocenters. The average molecular weight is 323 g/mol. The monoisotopic (exact) mass is 323 g/mol. The molecule has 15 heavy (non-hydrogen) atoms. The van der Waals surface area contributed by atoms with Crippen LogP contribution in [-0.2, 0) is 16.1 Å². The molecule has 1 rings (SSSR count). The van der Waals surface area contributed by atoms with Gasteiger partial charge in [0.1, 0.15) is 5.69 Å². The van der Waals surface area contributed by atoms with Crippen molar-refractivity contribution >= 4 is 34.5 Å². The van der Waals surface area contributed by atoms with E-state index in [-0.39, 0.29) is 18.1 Å². The van der Waals surface area contributed by atoms with E-state index in [4.69, 9.17) is 5.11 Å². The van der Waals surface area contributed by atoms with Gasteiger partial charge in [0.2, 0.25) is 0 Å². The van der Waals surface area contributed by atoms with E-state index in [0.717, 1.165) is 3.57 Å². The van der Waals surface area contributed by atoms with E-state index in [1.54, 1.807) is 12.3 Å². The maximum Gasteiger partial charge on any atom is 0.352 e. The lowest BCUT2D eigenvalue weighted by Crippen LogP contribution is -2.11. The van der Waals surface area contributed by atoms with Gasteiger partial charge >= 0.3 is 11.9 Å². The van der Waals surface area contributed by atoms with Crippen LogP contribution >= 0.6 is 22.6 Å². The molecule has 0 saturated carbocycles. The van der Waals surface area contributed by atoms with Gasteiger partial charge in [0.25, 0.3) is 0 Å². The Bertz CT molecular complexity index is 385. The first kappa shape index (κ1) is 12.0. The number of halogens is 1. The lowest BCUT2D eigenvalue weighted by Gasteiger charge is -2.04. The van der Waals surface area contributed by atoms with E-state index in [1.165, 1.54) is 11.7 Å². The second-order valence-corrected chi connectivity index (χ2v) is 4.11. The number of hydrogen-bond donors (Lipinski definition) is 1. The summed E-state index contributed by atoms with van der Waals surface area (Å²) in [6, 6.07) is 1.56. The molecule has 82 valence electrons. The Hall–Kier alpha value is -1.05. The standard InChI is InChI=1S/C9H10INO4/c1-15-8(12)2-3-11-5-6(10)4-7(11)9(13)14/h4-5H,2-3H2,1H3,(H,13,14). The minimum absolute atomic E-state index is 0.168. The molecule has 0 fully saturated rings. The van der Waals surface area contributed by atoms with Crippen molar-refractivity contribution in [2.75, 3.05) is 7.11 Å². The molecule has 1 N–H and O–H groups in total. The van der Waals surface area contributed by atoms with Crippen LogP contribution in [0.5, 0.6) is 0 Å². The Labute approximate surface area is 100 Å². The highest BCUT2D eigenvalue weighted by atomic mass is 127. The Balaban J connectivity index is 2.75. The third-order valence-electron chi connectivity index (χ3n) is 1.87. The fourth-order valence-corrected chi connectivity index (χ4v) is 1.78. The van der Waals surface area contributed by atoms with Gasteiger partial charge in [-0.3, -0.25) is 4.79 Å². The van der Waals surface area contributed by atoms with Crippen LogP contribution in [-0.4, -0.2) is 28.7 Å². The number of aromatic nitrogens is 1. The summed E-state index contributed by atoms with van der Waals surface area (Å²) >= 11 is 2.03. The van der Waals surface area contributed by atoms with Crippen molar-refractivity contribution in [3.05, 3.63) is 21.5 Å². The molecule has 0 aromatic carbocycles. The first-order chi connectivity index (χ1) is 7.04. The van der Waals surface area contributed by atoms with E-state index < -0.39 is 5.97 Å². The number of carbonyl (C=O) groups excluding carboxylic acids is 1. The predicted molar refractivity (Wildman–Crippen MR) is 60.7 cm³/mol. The molecule has 0 amide bonds. The fraction of sp³-hybridized carbons (Fsp3) is 0.333. The van der Waals surface area contributed by atoms with Crippen LogP contribution in [0.2, 0.25) is 0 Å². The highest BCUT2D eigenvalue weighted by Gasteiger charge is 2.12. The van der Waals surface area contributed by atoms with Crippen molar-refractivity contribution in [3.8, 4) is 0 Å². The summed E-state index contributed by atoms with van der Waals surface area (Å²) in [5.74, 6) is -1.35. The maximum atomic E-state index is 10.9. The highest BCUT2D eigenvalue weighted by molar-refractivity contribution is 14.1. The van der Waals surface area contributed by atoms with Crippen LogP contribution in [0.25, 0.3) is 0 Å². The van der Waals surface area contributed by atoms with E-state index in [2.05, 4.69) is 4.74 Å². The van der Waals surface area contributed by atoms with Gasteiger partial charge in [-0.05, 0) is 28.7 Å². The Kier molecular flexibility index (Phi) is 4.13. The molecule has 6 heteroatoms. The van der Waals surface area contributed by atoms with E-state index in [1.807, 2.05) is 22.6 Å². The van der Waals surface area contributed by atoms with Crippen LogP contribution in [0.3, 0.4) is 0 Å². The van der Waals surface area contributed by atoms with Gasteiger partial charge in [-0.1, -0.05) is 0 Å². The number of nitrogens with zero attached hydrogens (tertiary/aromatic N) is 1. The number of aryl methyl sites for hydroxylation is 1. The SMILES string of the molecule is COC(=O)CCn1cc(I)cc1C(=O)O. The first-order valence-corrected chi connectivity index (χ1v) is 5.28. The van der Waals surface area contributed by atoms with Crippen LogP contribution in [0.1, 0.15) is 16.9 Å². The summed E-state index contributed by atoms with van der Waals surface area (Å²) in [4.78, 5) is 21.7. The van der Waals surface area contributed by atoms with Crippen molar-refractivity contribution in [3.63, 3.8) is 0 Å². The van der Waals surface area contributed by atoms with Crippen molar-refractivity contribution < 1.29 is 19.4 Å². The van der Waals surface area contributed by atoms with Crippen molar-refractivity contribution in [2.45, 2.75) is 13.0 Å². The molecule has 0 aliphatic heterocycles. The van der Waals surface area contributed by atoms with Crippen molar-refractivity contribution in [1.82, 2.24) is 4.57 Å². The molecular weight excluding hydrogens is 313 g/mol. The summed E-state index contributed by atoms with van der Waals surface area (Å²) in [6.07, 6.45) is 1.86. The fourth-order valence-electron chi connectivity index (χ4n) is 1.15. The number of carbonyl (C=O) groups is 2. The molecule has 0 aliphatic rings. The number of ether oxygens (including phenoxy) is 1. The Morgan fingerprint density at radius 2 is 2.27 bits per heavy atom. The minimum atomic E-state index is -0.997. The quantitative estimate of drug-likeness (QED) is 0.671. The van der Waals surface area contributed by atoms with Crippen LogP contribution in [0.15, 0.2) is 12.3 Å². The molecule has 0 aliphatic carbocycles. The van der Waals surface area contributed by atoms with Crippen LogP contribution in [0, 0.1) is 3.57 Å². The topological polar surface area (TPSA) is 68.5 Å². The summed E-state index contributed by atoms with van der Waals surface area (Å²) < 4.78 is 6.83. The minimum Gasteiger partial charge on any atom is -0.477 e. The van der Waals surface area contributed by atoms with E-state index in [0.29, 0.717) is 6.54 Å². The number of esters is 1. The lowest BCUT2D eigenvalue weighted by molar-refractivity contribution is -0.140. The Morgan fingerprint density at radius 3 is 2.80 bits per heavy atom. The smallest absolute Gasteiger partial charge is 0.352 e. The summed E-state index contributed by atoms with van der Waals surface area (Å²) in [5, 5.41) is 8.86. The number of carboxylic acids is 1. The van der Waals surface area contributed by atoms with Crippen LogP contribution in [0.4, 0.5) is 0 Å². The Morgan fingerprint density at radius 1 is 1.60 bits per heavy atom. The molecule has 0 atom stereocenters. The van der Waals surface area contributed by atoms with Gasteiger partial charge in [-0.25, -0.2) is 4.79 Å². The molecule has 1 aromatic rings. The zero-order valence-corrected chi connectivity index (χ0v) is 10.2. The first-order valence-electron chi connectivity index (χ1n) is 4.20. The van der Waals surface area contributed by atoms with E-state index in [9.17, 15) is 9.59 Å². The third-order valence-corrected chi connectivity index (χ3v) is 2.46. The molecule has 0 saturated heterocycles. The van der Waals surface area contributed by atoms with Gasteiger partial charge < -0.3 is 14.4 Å². The zero-order valence-electron chi connectivity index (χ0n) is 8.07. The molecular formula is C9H10INO4. The number of carboxylic acid groups (broad SMARTS) is 1. The van der Waals surface area contributed by atoms with Crippen molar-refractivity contribution in [1.29, 1.82) is 0 Å². The summed E-state index contributed by atoms with van der Waals surface area (Å²) in [5.41, 5.74) is 0.184. The predicted octanol–water partition coefficient (Wildman–Crippen LogP) is 1.35. The van der Waals surface area contributed by atoms with E-state index >= 15 is 0 Å². The third kappa shape index (κ3) is 3.22. The second-order valence-electron chi connectivity index (χ2n) is 2.87. The molecule has 0 bridgehead atoms. The number of hydrogen-bond acceptors (Lipinski definition) is 3. The second kappa shape index (κ2) is 5.15. The molecule has 0 spiro atoms. The molecule has 1 heterocycles. The summed E-state index contributed by atoms with van der Waals surface area (Å²) in [7, 11) is 1.31. The number of aromatic carboxylic acids is 1. The van der Waals surface area contributed by atoms with Gasteiger partial charge in [0.15, 0.2) is 0 Å². The van der Waals surface area contributed by atoms with Gasteiger partial charge in [0.05, 0.1) is 13.5 Å². The number of rotatable bonds is 4. The molecule has 5 nitrogen and oxygen atoms in total. The van der Waals surface area contributed by atoms with Gasteiger partial charge in [-0.15, -0.1) is 0 Å². The maximum absolute atomic E-state index is 10.9.